The van der Waals surface area contributed by atoms with Gasteiger partial charge >= 0.3 is 5.97 Å². The molecule has 2 atom stereocenters. The first-order chi connectivity index (χ1) is 9.11. The summed E-state index contributed by atoms with van der Waals surface area (Å²) in [5, 5.41) is 19.0. The summed E-state index contributed by atoms with van der Waals surface area (Å²) in [5.74, 6) is -0.353. The number of hydrogen-bond acceptors (Lipinski definition) is 3. The number of aliphatic hydroxyl groups is 1. The number of fused-ring (bicyclic) bond motifs is 1. The van der Waals surface area contributed by atoms with Gasteiger partial charge in [0.05, 0.1) is 6.10 Å². The van der Waals surface area contributed by atoms with E-state index in [0.717, 1.165) is 36.8 Å². The first-order valence-corrected chi connectivity index (χ1v) is 6.82. The summed E-state index contributed by atoms with van der Waals surface area (Å²) >= 11 is 0. The number of aryl methyl sites for hydroxylation is 1. The Morgan fingerprint density at radius 2 is 2.32 bits per heavy atom. The van der Waals surface area contributed by atoms with Gasteiger partial charge in [-0.3, -0.25) is 0 Å². The van der Waals surface area contributed by atoms with Crippen molar-refractivity contribution in [3.05, 3.63) is 29.3 Å². The minimum absolute atomic E-state index is 0.399. The Hall–Kier alpha value is -1.55. The monoisotopic (exact) mass is 264 g/mol. The molecule has 19 heavy (non-hydrogen) atoms. The molecule has 4 heteroatoms. The van der Waals surface area contributed by atoms with Crippen LogP contribution in [-0.4, -0.2) is 22.3 Å². The van der Waals surface area contributed by atoms with Crippen molar-refractivity contribution in [3.63, 3.8) is 0 Å². The van der Waals surface area contributed by atoms with Crippen LogP contribution in [-0.2, 0) is 11.2 Å². The van der Waals surface area contributed by atoms with Gasteiger partial charge in [0.2, 0.25) is 0 Å². The van der Waals surface area contributed by atoms with E-state index in [0.29, 0.717) is 12.2 Å². The molecule has 0 saturated carbocycles. The number of ether oxygens (including phenoxy) is 1. The van der Waals surface area contributed by atoms with Crippen LogP contribution in [0.2, 0.25) is 0 Å². The van der Waals surface area contributed by atoms with Gasteiger partial charge in [-0.2, -0.15) is 0 Å². The molecule has 1 aromatic carbocycles. The van der Waals surface area contributed by atoms with Crippen LogP contribution in [0.3, 0.4) is 0 Å². The minimum atomic E-state index is -0.931. The summed E-state index contributed by atoms with van der Waals surface area (Å²) in [6.45, 7) is 1.93. The molecule has 4 nitrogen and oxygen atoms in total. The molecular weight excluding hydrogens is 244 g/mol. The van der Waals surface area contributed by atoms with E-state index in [9.17, 15) is 9.90 Å². The molecule has 104 valence electrons. The average Bonchev–Trinajstić information content (AvgIpc) is 2.38. The first-order valence-electron chi connectivity index (χ1n) is 6.82. The second-order valence-electron chi connectivity index (χ2n) is 5.00. The Balaban J connectivity index is 2.15. The molecule has 0 heterocycles. The molecule has 0 saturated heterocycles. The highest BCUT2D eigenvalue weighted by atomic mass is 16.5. The number of rotatable bonds is 5. The van der Waals surface area contributed by atoms with Crippen LogP contribution in [0.15, 0.2) is 18.2 Å². The number of carboxylic acid groups (broad SMARTS) is 1. The molecule has 0 fully saturated rings. The van der Waals surface area contributed by atoms with E-state index < -0.39 is 18.2 Å². The Labute approximate surface area is 113 Å². The zero-order valence-corrected chi connectivity index (χ0v) is 11.1. The van der Waals surface area contributed by atoms with Crippen molar-refractivity contribution >= 4 is 5.97 Å². The van der Waals surface area contributed by atoms with Crippen molar-refractivity contribution in [2.45, 2.75) is 51.2 Å². The van der Waals surface area contributed by atoms with Gasteiger partial charge in [-0.15, -0.1) is 0 Å². The lowest BCUT2D eigenvalue weighted by atomic mass is 9.89. The fraction of sp³-hybridized carbons (Fsp3) is 0.533. The fourth-order valence-corrected chi connectivity index (χ4v) is 2.50. The van der Waals surface area contributed by atoms with Crippen LogP contribution in [0.4, 0.5) is 0 Å². The van der Waals surface area contributed by atoms with Gasteiger partial charge in [0.25, 0.3) is 0 Å². The van der Waals surface area contributed by atoms with E-state index in [2.05, 4.69) is 0 Å². The van der Waals surface area contributed by atoms with Crippen LogP contribution >= 0.6 is 0 Å². The van der Waals surface area contributed by atoms with Gasteiger partial charge < -0.3 is 14.9 Å². The van der Waals surface area contributed by atoms with Crippen LogP contribution in [0.5, 0.6) is 5.75 Å². The van der Waals surface area contributed by atoms with Crippen molar-refractivity contribution in [2.75, 3.05) is 0 Å². The quantitative estimate of drug-likeness (QED) is 0.858. The molecule has 1 aliphatic rings. The van der Waals surface area contributed by atoms with Gasteiger partial charge in [0.15, 0.2) is 6.10 Å². The summed E-state index contributed by atoms with van der Waals surface area (Å²) in [6, 6.07) is 5.46. The highest BCUT2D eigenvalue weighted by molar-refractivity contribution is 5.72. The molecule has 0 amide bonds. The zero-order chi connectivity index (χ0) is 13.8. The number of benzene rings is 1. The molecule has 0 bridgehead atoms. The van der Waals surface area contributed by atoms with Crippen LogP contribution in [0.25, 0.3) is 0 Å². The van der Waals surface area contributed by atoms with E-state index in [-0.39, 0.29) is 0 Å². The van der Waals surface area contributed by atoms with E-state index >= 15 is 0 Å². The molecule has 2 N–H and O–H groups in total. The maximum absolute atomic E-state index is 11.1. The third-order valence-electron chi connectivity index (χ3n) is 3.50. The Bertz CT molecular complexity index is 455. The van der Waals surface area contributed by atoms with Crippen molar-refractivity contribution in [2.24, 2.45) is 0 Å². The van der Waals surface area contributed by atoms with E-state index in [1.54, 1.807) is 6.07 Å². The molecular formula is C15H20O4. The van der Waals surface area contributed by atoms with Crippen molar-refractivity contribution in [1.29, 1.82) is 0 Å². The molecule has 0 radical (unpaired) electrons. The number of carboxylic acids is 1. The standard InChI is InChI=1S/C15H20O4/c1-2-4-14(15(17)18)19-11-7-8-12-10(9-11)5-3-6-13(12)16/h7-9,13-14,16H,2-6H2,1H3,(H,17,18). The van der Waals surface area contributed by atoms with Gasteiger partial charge in [0.1, 0.15) is 5.75 Å². The Kier molecular flexibility index (Phi) is 4.43. The lowest BCUT2D eigenvalue weighted by Gasteiger charge is -2.22. The van der Waals surface area contributed by atoms with E-state index in [1.807, 2.05) is 19.1 Å². The van der Waals surface area contributed by atoms with Crippen LogP contribution in [0.1, 0.15) is 49.8 Å². The van der Waals surface area contributed by atoms with Gasteiger partial charge in [-0.25, -0.2) is 4.79 Å². The third-order valence-corrected chi connectivity index (χ3v) is 3.50. The highest BCUT2D eigenvalue weighted by Gasteiger charge is 2.21. The molecule has 0 aromatic heterocycles. The van der Waals surface area contributed by atoms with Gasteiger partial charge in [-0.05, 0) is 48.9 Å². The van der Waals surface area contributed by atoms with E-state index in [4.69, 9.17) is 9.84 Å². The lowest BCUT2D eigenvalue weighted by Crippen LogP contribution is -2.26. The summed E-state index contributed by atoms with van der Waals surface area (Å²) in [5.41, 5.74) is 2.01. The number of hydrogen-bond donors (Lipinski definition) is 2. The SMILES string of the molecule is CCCC(Oc1ccc2c(c1)CCCC2O)C(=O)O. The minimum Gasteiger partial charge on any atom is -0.479 e. The largest absolute Gasteiger partial charge is 0.479 e. The predicted octanol–water partition coefficient (Wildman–Crippen LogP) is 2.69. The fourth-order valence-electron chi connectivity index (χ4n) is 2.50. The van der Waals surface area contributed by atoms with E-state index in [1.165, 1.54) is 0 Å². The maximum atomic E-state index is 11.1. The predicted molar refractivity (Wildman–Crippen MR) is 71.3 cm³/mol. The average molecular weight is 264 g/mol. The van der Waals surface area contributed by atoms with Gasteiger partial charge in [-0.1, -0.05) is 19.4 Å². The molecule has 2 unspecified atom stereocenters. The molecule has 0 spiro atoms. The molecule has 2 rings (SSSR count). The Morgan fingerprint density at radius 3 is 3.00 bits per heavy atom. The first kappa shape index (κ1) is 13.9. The number of carbonyl (C=O) groups is 1. The normalized spacial score (nSPS) is 19.6. The van der Waals surface area contributed by atoms with Crippen molar-refractivity contribution in [3.8, 4) is 5.75 Å². The summed E-state index contributed by atoms with van der Waals surface area (Å²) < 4.78 is 5.54. The second kappa shape index (κ2) is 6.06. The number of aliphatic hydroxyl groups excluding tert-OH is 1. The third kappa shape index (κ3) is 3.26. The molecule has 1 aromatic rings. The lowest BCUT2D eigenvalue weighted by molar-refractivity contribution is -0.145. The highest BCUT2D eigenvalue weighted by Crippen LogP contribution is 2.32. The molecule has 1 aliphatic carbocycles. The topological polar surface area (TPSA) is 66.8 Å². The van der Waals surface area contributed by atoms with Crippen molar-refractivity contribution in [1.82, 2.24) is 0 Å². The molecule has 0 aliphatic heterocycles. The maximum Gasteiger partial charge on any atom is 0.344 e. The van der Waals surface area contributed by atoms with Gasteiger partial charge in [0, 0.05) is 0 Å². The van der Waals surface area contributed by atoms with Crippen molar-refractivity contribution < 1.29 is 19.7 Å². The van der Waals surface area contributed by atoms with Crippen LogP contribution in [0, 0.1) is 0 Å². The number of aliphatic carboxylic acids is 1. The summed E-state index contributed by atoms with van der Waals surface area (Å²) in [7, 11) is 0. The zero-order valence-electron chi connectivity index (χ0n) is 11.1. The summed E-state index contributed by atoms with van der Waals surface area (Å²) in [4.78, 5) is 11.1. The second-order valence-corrected chi connectivity index (χ2v) is 5.00. The summed E-state index contributed by atoms with van der Waals surface area (Å²) in [6.07, 6.45) is 2.72. The smallest absolute Gasteiger partial charge is 0.344 e. The van der Waals surface area contributed by atoms with Crippen LogP contribution < -0.4 is 4.74 Å². The Morgan fingerprint density at radius 1 is 1.53 bits per heavy atom.